The van der Waals surface area contributed by atoms with Gasteiger partial charge in [0.1, 0.15) is 0 Å². The molecule has 0 radical (unpaired) electrons. The van der Waals surface area contributed by atoms with Crippen LogP contribution >= 0.6 is 11.3 Å². The molecule has 0 amide bonds. The maximum absolute atomic E-state index is 3.55. The first-order valence-electron chi connectivity index (χ1n) is 5.57. The highest BCUT2D eigenvalue weighted by atomic mass is 32.1. The first-order valence-corrected chi connectivity index (χ1v) is 6.39. The van der Waals surface area contributed by atoms with Crippen LogP contribution in [0.3, 0.4) is 0 Å². The van der Waals surface area contributed by atoms with Crippen molar-refractivity contribution in [3.63, 3.8) is 0 Å². The van der Waals surface area contributed by atoms with E-state index in [1.165, 1.54) is 22.9 Å². The molecule has 0 aliphatic carbocycles. The van der Waals surface area contributed by atoms with Crippen molar-refractivity contribution in [3.05, 3.63) is 34.7 Å². The molecule has 1 nitrogen and oxygen atoms in total. The maximum Gasteiger partial charge on any atom is 0.0348 e. The quantitative estimate of drug-likeness (QED) is 0.715. The molecule has 1 aliphatic heterocycles. The van der Waals surface area contributed by atoms with E-state index >= 15 is 0 Å². The average molecular weight is 217 g/mol. The minimum absolute atomic E-state index is 0.615. The summed E-state index contributed by atoms with van der Waals surface area (Å²) in [6.45, 7) is 3.41. The molecule has 2 heterocycles. The van der Waals surface area contributed by atoms with Crippen LogP contribution < -0.4 is 5.32 Å². The predicted molar refractivity (Wildman–Crippen MR) is 66.7 cm³/mol. The minimum atomic E-state index is 0.615. The molecule has 1 unspecified atom stereocenters. The van der Waals surface area contributed by atoms with Gasteiger partial charge in [-0.1, -0.05) is 18.2 Å². The normalized spacial score (nSPS) is 21.3. The van der Waals surface area contributed by atoms with Gasteiger partial charge >= 0.3 is 0 Å². The third kappa shape index (κ3) is 1.58. The largest absolute Gasteiger partial charge is 0.314 e. The number of thiophene rings is 1. The lowest BCUT2D eigenvalue weighted by Gasteiger charge is -2.08. The van der Waals surface area contributed by atoms with Crippen molar-refractivity contribution in [2.24, 2.45) is 0 Å². The van der Waals surface area contributed by atoms with Gasteiger partial charge in [0.2, 0.25) is 0 Å². The van der Waals surface area contributed by atoms with Crippen molar-refractivity contribution in [1.82, 2.24) is 5.32 Å². The van der Waals surface area contributed by atoms with Gasteiger partial charge in [0.25, 0.3) is 0 Å². The van der Waals surface area contributed by atoms with Crippen LogP contribution in [0.25, 0.3) is 10.1 Å². The Labute approximate surface area is 94.1 Å². The maximum atomic E-state index is 3.55. The summed E-state index contributed by atoms with van der Waals surface area (Å²) in [5.74, 6) is 0. The number of hydrogen-bond acceptors (Lipinski definition) is 2. The van der Waals surface area contributed by atoms with Crippen LogP contribution in [0.15, 0.2) is 24.3 Å². The Morgan fingerprint density at radius 2 is 2.20 bits per heavy atom. The molecule has 0 saturated heterocycles. The lowest BCUT2D eigenvalue weighted by atomic mass is 10.0. The van der Waals surface area contributed by atoms with Gasteiger partial charge in [-0.3, -0.25) is 0 Å². The van der Waals surface area contributed by atoms with E-state index < -0.39 is 0 Å². The van der Waals surface area contributed by atoms with Crippen LogP contribution in [0.4, 0.5) is 0 Å². The molecule has 3 rings (SSSR count). The van der Waals surface area contributed by atoms with Crippen LogP contribution in [0, 0.1) is 0 Å². The molecule has 2 heteroatoms. The van der Waals surface area contributed by atoms with Gasteiger partial charge in [0.05, 0.1) is 0 Å². The first kappa shape index (κ1) is 9.37. The minimum Gasteiger partial charge on any atom is -0.314 e. The zero-order valence-corrected chi connectivity index (χ0v) is 9.73. The Morgan fingerprint density at radius 3 is 3.13 bits per heavy atom. The van der Waals surface area contributed by atoms with Crippen LogP contribution in [-0.4, -0.2) is 12.6 Å². The van der Waals surface area contributed by atoms with Crippen LogP contribution in [0.5, 0.6) is 0 Å². The predicted octanol–water partition coefficient (Wildman–Crippen LogP) is 2.98. The van der Waals surface area contributed by atoms with Crippen molar-refractivity contribution < 1.29 is 0 Å². The van der Waals surface area contributed by atoms with E-state index in [2.05, 4.69) is 36.5 Å². The first-order chi connectivity index (χ1) is 7.34. The Hall–Kier alpha value is -0.860. The highest BCUT2D eigenvalue weighted by Crippen LogP contribution is 2.33. The summed E-state index contributed by atoms with van der Waals surface area (Å²) in [5, 5.41) is 5.03. The molecule has 2 aromatic rings. The van der Waals surface area contributed by atoms with E-state index in [-0.39, 0.29) is 0 Å². The number of benzene rings is 1. The van der Waals surface area contributed by atoms with Gasteiger partial charge in [0.15, 0.2) is 0 Å². The van der Waals surface area contributed by atoms with Crippen molar-refractivity contribution in [1.29, 1.82) is 0 Å². The second-order valence-electron chi connectivity index (χ2n) is 4.31. The van der Waals surface area contributed by atoms with Crippen LogP contribution in [-0.2, 0) is 12.8 Å². The topological polar surface area (TPSA) is 12.0 Å². The highest BCUT2D eigenvalue weighted by molar-refractivity contribution is 7.19. The zero-order chi connectivity index (χ0) is 10.3. The molecular formula is C13H15NS. The second-order valence-corrected chi connectivity index (χ2v) is 5.45. The van der Waals surface area contributed by atoms with Gasteiger partial charge in [-0.15, -0.1) is 11.3 Å². The average Bonchev–Trinajstić information content (AvgIpc) is 2.47. The number of fused-ring (bicyclic) bond motifs is 3. The molecule has 1 aromatic carbocycles. The Morgan fingerprint density at radius 1 is 1.33 bits per heavy atom. The summed E-state index contributed by atoms with van der Waals surface area (Å²) in [6, 6.07) is 9.41. The summed E-state index contributed by atoms with van der Waals surface area (Å²) < 4.78 is 1.46. The Balaban J connectivity index is 2.20. The van der Waals surface area contributed by atoms with Crippen LogP contribution in [0.2, 0.25) is 0 Å². The van der Waals surface area contributed by atoms with E-state index in [0.717, 1.165) is 6.54 Å². The van der Waals surface area contributed by atoms with Crippen molar-refractivity contribution in [2.45, 2.75) is 25.8 Å². The van der Waals surface area contributed by atoms with Gasteiger partial charge in [0, 0.05) is 22.2 Å². The Kier molecular flexibility index (Phi) is 2.26. The van der Waals surface area contributed by atoms with Crippen molar-refractivity contribution in [2.75, 3.05) is 6.54 Å². The summed E-state index contributed by atoms with van der Waals surface area (Å²) in [6.07, 6.45) is 2.37. The molecule has 0 fully saturated rings. The fraction of sp³-hybridized carbons (Fsp3) is 0.385. The fourth-order valence-electron chi connectivity index (χ4n) is 2.39. The van der Waals surface area contributed by atoms with Crippen LogP contribution in [0.1, 0.15) is 17.4 Å². The third-order valence-corrected chi connectivity index (χ3v) is 4.41. The molecule has 1 aromatic heterocycles. The van der Waals surface area contributed by atoms with Gasteiger partial charge in [-0.05, 0) is 36.8 Å². The van der Waals surface area contributed by atoms with Gasteiger partial charge in [-0.2, -0.15) is 0 Å². The molecule has 0 bridgehead atoms. The summed E-state index contributed by atoms with van der Waals surface area (Å²) in [5.41, 5.74) is 1.59. The smallest absolute Gasteiger partial charge is 0.0348 e. The molecule has 0 spiro atoms. The van der Waals surface area contributed by atoms with Crippen molar-refractivity contribution in [3.8, 4) is 0 Å². The third-order valence-electron chi connectivity index (χ3n) is 3.14. The van der Waals surface area contributed by atoms with E-state index in [1.54, 1.807) is 10.4 Å². The zero-order valence-electron chi connectivity index (χ0n) is 8.92. The summed E-state index contributed by atoms with van der Waals surface area (Å²) in [7, 11) is 0. The summed E-state index contributed by atoms with van der Waals surface area (Å²) >= 11 is 1.98. The second kappa shape index (κ2) is 3.62. The SMILES string of the molecule is CC1Cc2c(sc3ccccc23)CCN1. The molecule has 1 aliphatic rings. The molecular weight excluding hydrogens is 202 g/mol. The monoisotopic (exact) mass is 217 g/mol. The highest BCUT2D eigenvalue weighted by Gasteiger charge is 2.17. The lowest BCUT2D eigenvalue weighted by Crippen LogP contribution is -2.27. The van der Waals surface area contributed by atoms with Crippen molar-refractivity contribution >= 4 is 21.4 Å². The van der Waals surface area contributed by atoms with E-state index in [1.807, 2.05) is 11.3 Å². The summed E-state index contributed by atoms with van der Waals surface area (Å²) in [4.78, 5) is 1.59. The van der Waals surface area contributed by atoms with Gasteiger partial charge < -0.3 is 5.32 Å². The molecule has 1 atom stereocenters. The molecule has 1 N–H and O–H groups in total. The number of rotatable bonds is 0. The fourth-order valence-corrected chi connectivity index (χ4v) is 3.62. The van der Waals surface area contributed by atoms with E-state index in [0.29, 0.717) is 6.04 Å². The number of hydrogen-bond donors (Lipinski definition) is 1. The van der Waals surface area contributed by atoms with E-state index in [4.69, 9.17) is 0 Å². The molecule has 15 heavy (non-hydrogen) atoms. The molecule has 0 saturated carbocycles. The van der Waals surface area contributed by atoms with Gasteiger partial charge in [-0.25, -0.2) is 0 Å². The molecule has 78 valence electrons. The number of nitrogens with one attached hydrogen (secondary N) is 1. The lowest BCUT2D eigenvalue weighted by molar-refractivity contribution is 0.569. The standard InChI is InChI=1S/C13H15NS/c1-9-8-11-10-4-2-3-5-12(10)15-13(11)6-7-14-9/h2-5,9,14H,6-8H2,1H3. The van der Waals surface area contributed by atoms with E-state index in [9.17, 15) is 0 Å². The Bertz CT molecular complexity index is 486.